The monoisotopic (exact) mass is 426 g/mol. The summed E-state index contributed by atoms with van der Waals surface area (Å²) in [5.41, 5.74) is -8.77. The first-order valence-electron chi connectivity index (χ1n) is 9.46. The maximum absolute atomic E-state index is 11.3. The Kier molecular flexibility index (Phi) is 5.61. The molecule has 9 heteroatoms. The molecule has 0 spiro atoms. The van der Waals surface area contributed by atoms with Crippen molar-refractivity contribution in [3.63, 3.8) is 0 Å². The number of rotatable bonds is 4. The van der Waals surface area contributed by atoms with Crippen molar-refractivity contribution < 1.29 is 39.7 Å². The van der Waals surface area contributed by atoms with Gasteiger partial charge in [0.15, 0.2) is 0 Å². The summed E-state index contributed by atoms with van der Waals surface area (Å²) in [4.78, 5) is 0. The Bertz CT molecular complexity index is 621. The van der Waals surface area contributed by atoms with E-state index in [0.29, 0.717) is 0 Å². The van der Waals surface area contributed by atoms with Gasteiger partial charge in [-0.3, -0.25) is 0 Å². The summed E-state index contributed by atoms with van der Waals surface area (Å²) in [5, 5.41) is 54.4. The van der Waals surface area contributed by atoms with Crippen LogP contribution in [0, 0.1) is 5.92 Å². The van der Waals surface area contributed by atoms with Crippen LogP contribution >= 0.6 is 11.6 Å². The predicted molar refractivity (Wildman–Crippen MR) is 102 cm³/mol. The number of hydrogen-bond acceptors (Lipinski definition) is 8. The van der Waals surface area contributed by atoms with Crippen molar-refractivity contribution in [2.75, 3.05) is 12.5 Å². The molecule has 0 aromatic rings. The standard InChI is InChI=1S/C19H35ClO8/c1-11-13(3,10-21)27-18(8,16(6,24)14(11,4)22)28-19(9-20)17(7,25)15(5,23)12(2)26-19/h11-12,21-25H,9-10H2,1-8H3/t11-,12+,13?,14?,15?,16?,17?,18-,19+/m1/s1. The van der Waals surface area contributed by atoms with E-state index in [1.807, 2.05) is 0 Å². The molecular weight excluding hydrogens is 392 g/mol. The van der Waals surface area contributed by atoms with E-state index in [4.69, 9.17) is 25.8 Å². The topological polar surface area (TPSA) is 129 Å². The highest BCUT2D eigenvalue weighted by molar-refractivity contribution is 6.18. The van der Waals surface area contributed by atoms with Crippen LogP contribution in [0.1, 0.15) is 55.4 Å². The molecule has 0 saturated carbocycles. The lowest BCUT2D eigenvalue weighted by atomic mass is 9.64. The van der Waals surface area contributed by atoms with Crippen molar-refractivity contribution >= 4 is 11.6 Å². The van der Waals surface area contributed by atoms with Crippen molar-refractivity contribution in [3.8, 4) is 0 Å². The van der Waals surface area contributed by atoms with Crippen LogP contribution in [0.2, 0.25) is 0 Å². The number of ether oxygens (including phenoxy) is 3. The first kappa shape index (κ1) is 24.2. The Balaban J connectivity index is 2.61. The second kappa shape index (κ2) is 6.48. The number of aliphatic hydroxyl groups is 5. The molecule has 9 atom stereocenters. The zero-order valence-corrected chi connectivity index (χ0v) is 18.7. The van der Waals surface area contributed by atoms with E-state index in [9.17, 15) is 25.5 Å². The average Bonchev–Trinajstić information content (AvgIpc) is 2.70. The number of hydrogen-bond donors (Lipinski definition) is 5. The van der Waals surface area contributed by atoms with E-state index in [0.717, 1.165) is 0 Å². The molecule has 2 aliphatic rings. The molecule has 2 saturated heterocycles. The average molecular weight is 427 g/mol. The van der Waals surface area contributed by atoms with Gasteiger partial charge in [-0.2, -0.15) is 0 Å². The van der Waals surface area contributed by atoms with Crippen molar-refractivity contribution in [3.05, 3.63) is 0 Å². The summed E-state index contributed by atoms with van der Waals surface area (Å²) in [5.74, 6) is -5.03. The minimum atomic E-state index is -2.01. The van der Waals surface area contributed by atoms with Gasteiger partial charge in [-0.1, -0.05) is 6.92 Å². The third-order valence-corrected chi connectivity index (χ3v) is 8.14. The lowest BCUT2D eigenvalue weighted by molar-refractivity contribution is -0.474. The molecule has 2 heterocycles. The summed E-state index contributed by atoms with van der Waals surface area (Å²) in [6.45, 7) is 11.2. The van der Waals surface area contributed by atoms with Crippen LogP contribution in [-0.2, 0) is 14.2 Å². The van der Waals surface area contributed by atoms with Crippen molar-refractivity contribution in [1.29, 1.82) is 0 Å². The van der Waals surface area contributed by atoms with Gasteiger partial charge in [0.1, 0.15) is 22.4 Å². The zero-order chi connectivity index (χ0) is 22.2. The Morgan fingerprint density at radius 1 is 0.893 bits per heavy atom. The minimum absolute atomic E-state index is 0.400. The highest BCUT2D eigenvalue weighted by atomic mass is 35.5. The summed E-state index contributed by atoms with van der Waals surface area (Å²) in [6, 6.07) is 0. The number of alkyl halides is 1. The highest BCUT2D eigenvalue weighted by Gasteiger charge is 2.75. The zero-order valence-electron chi connectivity index (χ0n) is 17.9. The third kappa shape index (κ3) is 2.73. The predicted octanol–water partition coefficient (Wildman–Crippen LogP) is 0.494. The summed E-state index contributed by atoms with van der Waals surface area (Å²) < 4.78 is 17.9. The minimum Gasteiger partial charge on any atom is -0.393 e. The van der Waals surface area contributed by atoms with Crippen molar-refractivity contribution in [1.82, 2.24) is 0 Å². The Hall–Kier alpha value is -0.0300. The first-order chi connectivity index (χ1) is 12.3. The normalized spacial score (nSPS) is 60.2. The largest absolute Gasteiger partial charge is 0.393 e. The van der Waals surface area contributed by atoms with Gasteiger partial charge in [0.05, 0.1) is 24.2 Å². The fourth-order valence-corrected chi connectivity index (χ4v) is 4.70. The van der Waals surface area contributed by atoms with Crippen LogP contribution in [0.15, 0.2) is 0 Å². The Morgan fingerprint density at radius 2 is 1.39 bits per heavy atom. The molecule has 0 bridgehead atoms. The van der Waals surface area contributed by atoms with Crippen LogP contribution in [-0.4, -0.2) is 83.7 Å². The summed E-state index contributed by atoms with van der Waals surface area (Å²) >= 11 is 6.15. The summed E-state index contributed by atoms with van der Waals surface area (Å²) in [6.07, 6.45) is -0.859. The molecule has 0 amide bonds. The third-order valence-electron chi connectivity index (χ3n) is 7.79. The van der Waals surface area contributed by atoms with Crippen LogP contribution in [0.4, 0.5) is 0 Å². The maximum Gasteiger partial charge on any atom is 0.217 e. The quantitative estimate of drug-likeness (QED) is 0.411. The fraction of sp³-hybridized carbons (Fsp3) is 1.00. The smallest absolute Gasteiger partial charge is 0.217 e. The second-order valence-corrected chi connectivity index (χ2v) is 9.70. The highest BCUT2D eigenvalue weighted by Crippen LogP contribution is 2.56. The van der Waals surface area contributed by atoms with Crippen molar-refractivity contribution in [2.45, 2.75) is 101 Å². The molecule has 0 aliphatic carbocycles. The van der Waals surface area contributed by atoms with E-state index >= 15 is 0 Å². The van der Waals surface area contributed by atoms with Crippen LogP contribution in [0.3, 0.4) is 0 Å². The molecule has 2 rings (SSSR count). The van der Waals surface area contributed by atoms with Gasteiger partial charge in [-0.25, -0.2) is 0 Å². The molecule has 8 nitrogen and oxygen atoms in total. The Labute approximate surface area is 171 Å². The van der Waals surface area contributed by atoms with Gasteiger partial charge in [-0.15, -0.1) is 11.6 Å². The molecule has 28 heavy (non-hydrogen) atoms. The summed E-state index contributed by atoms with van der Waals surface area (Å²) in [7, 11) is 0. The first-order valence-corrected chi connectivity index (χ1v) is 10.00. The fourth-order valence-electron chi connectivity index (χ4n) is 4.32. The SMILES string of the molecule is C[C@@H]1C(C)(CO)O[C@](C)(O[C@]2(CCl)O[C@@H](C)C(C)(O)C2(C)O)C(C)(O)C1(C)O. The molecule has 0 radical (unpaired) electrons. The van der Waals surface area contributed by atoms with Crippen LogP contribution in [0.5, 0.6) is 0 Å². The molecular formula is C19H35ClO8. The van der Waals surface area contributed by atoms with Gasteiger partial charge in [0.2, 0.25) is 11.6 Å². The molecule has 0 aromatic carbocycles. The number of halogens is 1. The van der Waals surface area contributed by atoms with Crippen LogP contribution < -0.4 is 0 Å². The van der Waals surface area contributed by atoms with E-state index < -0.39 is 64.1 Å². The maximum atomic E-state index is 11.3. The van der Waals surface area contributed by atoms with E-state index in [2.05, 4.69) is 0 Å². The Morgan fingerprint density at radius 3 is 1.75 bits per heavy atom. The van der Waals surface area contributed by atoms with Crippen LogP contribution in [0.25, 0.3) is 0 Å². The van der Waals surface area contributed by atoms with Gasteiger partial charge < -0.3 is 39.7 Å². The van der Waals surface area contributed by atoms with E-state index in [-0.39, 0.29) is 0 Å². The lowest BCUT2D eigenvalue weighted by Gasteiger charge is -2.63. The van der Waals surface area contributed by atoms with Gasteiger partial charge >= 0.3 is 0 Å². The van der Waals surface area contributed by atoms with Gasteiger partial charge in [0.25, 0.3) is 0 Å². The molecule has 2 fully saturated rings. The lowest BCUT2D eigenvalue weighted by Crippen LogP contribution is -2.79. The molecule has 2 aliphatic heterocycles. The van der Waals surface area contributed by atoms with Crippen molar-refractivity contribution in [2.24, 2.45) is 5.92 Å². The number of aliphatic hydroxyl groups excluding tert-OH is 1. The van der Waals surface area contributed by atoms with E-state index in [1.54, 1.807) is 20.8 Å². The molecule has 166 valence electrons. The van der Waals surface area contributed by atoms with Gasteiger partial charge in [-0.05, 0) is 48.5 Å². The molecule has 0 aromatic heterocycles. The van der Waals surface area contributed by atoms with E-state index in [1.165, 1.54) is 34.6 Å². The van der Waals surface area contributed by atoms with Gasteiger partial charge in [0, 0.05) is 5.92 Å². The molecule has 5 N–H and O–H groups in total. The molecule has 5 unspecified atom stereocenters. The second-order valence-electron chi connectivity index (χ2n) is 9.43.